The van der Waals surface area contributed by atoms with Crippen molar-refractivity contribution in [2.75, 3.05) is 27.2 Å². The van der Waals surface area contributed by atoms with Gasteiger partial charge < -0.3 is 9.80 Å². The van der Waals surface area contributed by atoms with E-state index >= 15 is 0 Å². The molecule has 0 radical (unpaired) electrons. The molecule has 98 valence electrons. The Morgan fingerprint density at radius 3 is 1.94 bits per heavy atom. The van der Waals surface area contributed by atoms with Crippen molar-refractivity contribution >= 4 is 11.8 Å². The molecule has 2 amide bonds. The molecule has 18 heavy (non-hydrogen) atoms. The summed E-state index contributed by atoms with van der Waals surface area (Å²) in [4.78, 5) is 27.2. The molecule has 0 bridgehead atoms. The second-order valence-corrected chi connectivity index (χ2v) is 4.26. The van der Waals surface area contributed by atoms with Gasteiger partial charge in [0.25, 0.3) is 11.8 Å². The van der Waals surface area contributed by atoms with Crippen LogP contribution in [0.15, 0.2) is 24.3 Å². The third-order valence-electron chi connectivity index (χ3n) is 2.81. The molecule has 1 rings (SSSR count). The highest BCUT2D eigenvalue weighted by molar-refractivity contribution is 5.99. The Balaban J connectivity index is 3.02. The maximum absolute atomic E-state index is 12.2. The average Bonchev–Trinajstić information content (AvgIpc) is 2.39. The van der Waals surface area contributed by atoms with Crippen molar-refractivity contribution in [3.05, 3.63) is 35.4 Å². The Morgan fingerprint density at radius 2 is 1.50 bits per heavy atom. The lowest BCUT2D eigenvalue weighted by Crippen LogP contribution is -2.30. The van der Waals surface area contributed by atoms with Crippen LogP contribution in [0.5, 0.6) is 0 Å². The van der Waals surface area contributed by atoms with Crippen LogP contribution >= 0.6 is 0 Å². The van der Waals surface area contributed by atoms with Crippen LogP contribution in [-0.4, -0.2) is 48.8 Å². The molecular weight excluding hydrogens is 228 g/mol. The van der Waals surface area contributed by atoms with Crippen LogP contribution in [-0.2, 0) is 0 Å². The van der Waals surface area contributed by atoms with Crippen molar-refractivity contribution in [1.29, 1.82) is 0 Å². The van der Waals surface area contributed by atoms with E-state index in [1.807, 2.05) is 13.8 Å². The van der Waals surface area contributed by atoms with E-state index in [9.17, 15) is 9.59 Å². The summed E-state index contributed by atoms with van der Waals surface area (Å²) in [6.45, 7) is 5.22. The Labute approximate surface area is 108 Å². The molecule has 0 aliphatic rings. The first-order valence-corrected chi connectivity index (χ1v) is 6.12. The van der Waals surface area contributed by atoms with Crippen molar-refractivity contribution in [2.45, 2.75) is 13.8 Å². The molecule has 0 atom stereocenters. The van der Waals surface area contributed by atoms with Crippen LogP contribution in [0.25, 0.3) is 0 Å². The lowest BCUT2D eigenvalue weighted by Gasteiger charge is -2.19. The number of hydrogen-bond acceptors (Lipinski definition) is 2. The van der Waals surface area contributed by atoms with Gasteiger partial charge in [-0.15, -0.1) is 0 Å². The summed E-state index contributed by atoms with van der Waals surface area (Å²) in [5, 5.41) is 0. The number of carbonyl (C=O) groups is 2. The van der Waals surface area contributed by atoms with Crippen molar-refractivity contribution < 1.29 is 9.59 Å². The highest BCUT2D eigenvalue weighted by Gasteiger charge is 2.15. The van der Waals surface area contributed by atoms with Gasteiger partial charge in [-0.2, -0.15) is 0 Å². The largest absolute Gasteiger partial charge is 0.345 e. The second-order valence-electron chi connectivity index (χ2n) is 4.26. The monoisotopic (exact) mass is 248 g/mol. The van der Waals surface area contributed by atoms with Crippen molar-refractivity contribution in [2.24, 2.45) is 0 Å². The van der Waals surface area contributed by atoms with Crippen LogP contribution in [0.4, 0.5) is 0 Å². The van der Waals surface area contributed by atoms with Gasteiger partial charge in [-0.05, 0) is 32.0 Å². The lowest BCUT2D eigenvalue weighted by molar-refractivity contribution is 0.0773. The van der Waals surface area contributed by atoms with E-state index in [4.69, 9.17) is 0 Å². The minimum absolute atomic E-state index is 0.0339. The van der Waals surface area contributed by atoms with Gasteiger partial charge in [-0.3, -0.25) is 9.59 Å². The maximum Gasteiger partial charge on any atom is 0.253 e. The maximum atomic E-state index is 12.2. The van der Waals surface area contributed by atoms with Gasteiger partial charge in [0.2, 0.25) is 0 Å². The van der Waals surface area contributed by atoms with Gasteiger partial charge in [0.15, 0.2) is 0 Å². The second kappa shape index (κ2) is 6.19. The number of carbonyl (C=O) groups excluding carboxylic acids is 2. The van der Waals surface area contributed by atoms with Crippen LogP contribution in [0.2, 0.25) is 0 Å². The van der Waals surface area contributed by atoms with Gasteiger partial charge >= 0.3 is 0 Å². The molecule has 0 aliphatic carbocycles. The summed E-state index contributed by atoms with van der Waals surface area (Å²) in [5.41, 5.74) is 1.10. The Morgan fingerprint density at radius 1 is 1.00 bits per heavy atom. The fourth-order valence-electron chi connectivity index (χ4n) is 1.74. The zero-order chi connectivity index (χ0) is 13.7. The standard InChI is InChI=1S/C14H20N2O2/c1-5-16(6-2)14(18)12-9-7-8-11(10-12)13(17)15(3)4/h7-10H,5-6H2,1-4H3. The van der Waals surface area contributed by atoms with E-state index in [1.165, 1.54) is 4.90 Å². The topological polar surface area (TPSA) is 40.6 Å². The normalized spacial score (nSPS) is 10.0. The number of amides is 2. The highest BCUT2D eigenvalue weighted by atomic mass is 16.2. The van der Waals surface area contributed by atoms with Gasteiger partial charge in [0, 0.05) is 38.3 Å². The first-order valence-electron chi connectivity index (χ1n) is 6.12. The summed E-state index contributed by atoms with van der Waals surface area (Å²) in [7, 11) is 3.39. The summed E-state index contributed by atoms with van der Waals surface area (Å²) in [6, 6.07) is 6.87. The molecule has 0 fully saturated rings. The smallest absolute Gasteiger partial charge is 0.253 e. The van der Waals surface area contributed by atoms with E-state index in [1.54, 1.807) is 43.3 Å². The number of nitrogens with zero attached hydrogens (tertiary/aromatic N) is 2. The predicted octanol–water partition coefficient (Wildman–Crippen LogP) is 1.87. The first kappa shape index (κ1) is 14.2. The zero-order valence-corrected chi connectivity index (χ0v) is 11.4. The Hall–Kier alpha value is -1.84. The fraction of sp³-hybridized carbons (Fsp3) is 0.429. The van der Waals surface area contributed by atoms with Crippen molar-refractivity contribution in [3.8, 4) is 0 Å². The fourth-order valence-corrected chi connectivity index (χ4v) is 1.74. The van der Waals surface area contributed by atoms with Crippen molar-refractivity contribution in [3.63, 3.8) is 0 Å². The van der Waals surface area contributed by atoms with E-state index in [-0.39, 0.29) is 11.8 Å². The number of rotatable bonds is 4. The van der Waals surface area contributed by atoms with E-state index in [0.717, 1.165) is 0 Å². The molecule has 0 heterocycles. The third-order valence-corrected chi connectivity index (χ3v) is 2.81. The Bertz CT molecular complexity index is 437. The quantitative estimate of drug-likeness (QED) is 0.816. The predicted molar refractivity (Wildman–Crippen MR) is 71.7 cm³/mol. The summed E-state index contributed by atoms with van der Waals surface area (Å²) < 4.78 is 0. The lowest BCUT2D eigenvalue weighted by atomic mass is 10.1. The van der Waals surface area contributed by atoms with Gasteiger partial charge in [-0.25, -0.2) is 0 Å². The molecule has 4 heteroatoms. The number of benzene rings is 1. The molecule has 1 aromatic carbocycles. The molecular formula is C14H20N2O2. The first-order chi connectivity index (χ1) is 8.51. The third kappa shape index (κ3) is 3.09. The van der Waals surface area contributed by atoms with E-state index in [0.29, 0.717) is 24.2 Å². The van der Waals surface area contributed by atoms with Crippen LogP contribution in [0.1, 0.15) is 34.6 Å². The molecule has 4 nitrogen and oxygen atoms in total. The summed E-state index contributed by atoms with van der Waals surface area (Å²) in [5.74, 6) is -0.127. The SMILES string of the molecule is CCN(CC)C(=O)c1cccc(C(=O)N(C)C)c1. The van der Waals surface area contributed by atoms with E-state index in [2.05, 4.69) is 0 Å². The molecule has 0 spiro atoms. The Kier molecular flexibility index (Phi) is 4.89. The van der Waals surface area contributed by atoms with Crippen LogP contribution in [0, 0.1) is 0 Å². The van der Waals surface area contributed by atoms with Crippen molar-refractivity contribution in [1.82, 2.24) is 9.80 Å². The van der Waals surface area contributed by atoms with Gasteiger partial charge in [0.05, 0.1) is 0 Å². The summed E-state index contributed by atoms with van der Waals surface area (Å²) >= 11 is 0. The highest BCUT2D eigenvalue weighted by Crippen LogP contribution is 2.10. The molecule has 0 unspecified atom stereocenters. The molecule has 0 aliphatic heterocycles. The molecule has 0 aromatic heterocycles. The number of hydrogen-bond donors (Lipinski definition) is 0. The molecule has 1 aromatic rings. The zero-order valence-electron chi connectivity index (χ0n) is 11.4. The average molecular weight is 248 g/mol. The molecule has 0 saturated carbocycles. The van der Waals surface area contributed by atoms with E-state index < -0.39 is 0 Å². The summed E-state index contributed by atoms with van der Waals surface area (Å²) in [6.07, 6.45) is 0. The molecule has 0 saturated heterocycles. The minimum Gasteiger partial charge on any atom is -0.345 e. The van der Waals surface area contributed by atoms with Crippen LogP contribution in [0.3, 0.4) is 0 Å². The van der Waals surface area contributed by atoms with Crippen LogP contribution < -0.4 is 0 Å². The van der Waals surface area contributed by atoms with Gasteiger partial charge in [0.1, 0.15) is 0 Å². The van der Waals surface area contributed by atoms with Gasteiger partial charge in [-0.1, -0.05) is 6.07 Å². The molecule has 0 N–H and O–H groups in total. The minimum atomic E-state index is -0.0933.